The minimum Gasteiger partial charge on any atom is -0.373 e. The van der Waals surface area contributed by atoms with Gasteiger partial charge in [0.1, 0.15) is 0 Å². The van der Waals surface area contributed by atoms with Crippen LogP contribution >= 0.6 is 0 Å². The maximum atomic E-state index is 11.0. The van der Waals surface area contributed by atoms with Crippen molar-refractivity contribution in [3.63, 3.8) is 0 Å². The van der Waals surface area contributed by atoms with Crippen molar-refractivity contribution in [1.82, 2.24) is 5.32 Å². The molecule has 0 aromatic rings. The largest absolute Gasteiger partial charge is 0.373 e. The molecular weight excluding hydrogens is 142 g/mol. The first kappa shape index (κ1) is 7.10. The summed E-state index contributed by atoms with van der Waals surface area (Å²) in [6.07, 6.45) is 4.44. The van der Waals surface area contributed by atoms with Gasteiger partial charge in [0.05, 0.1) is 18.6 Å². The molecule has 2 saturated heterocycles. The van der Waals surface area contributed by atoms with Crippen molar-refractivity contribution in [1.29, 1.82) is 0 Å². The van der Waals surface area contributed by atoms with Crippen molar-refractivity contribution in [2.45, 2.75) is 37.9 Å². The van der Waals surface area contributed by atoms with Crippen LogP contribution < -0.4 is 5.32 Å². The van der Waals surface area contributed by atoms with Gasteiger partial charge in [-0.3, -0.25) is 4.79 Å². The molecule has 3 nitrogen and oxygen atoms in total. The Morgan fingerprint density at radius 2 is 2.18 bits per heavy atom. The third kappa shape index (κ3) is 1.53. The summed E-state index contributed by atoms with van der Waals surface area (Å²) in [5.74, 6) is 0.152. The monoisotopic (exact) mass is 155 g/mol. The smallest absolute Gasteiger partial charge is 0.222 e. The van der Waals surface area contributed by atoms with E-state index in [1.165, 1.54) is 6.42 Å². The van der Waals surface area contributed by atoms with Gasteiger partial charge in [0.15, 0.2) is 0 Å². The lowest BCUT2D eigenvalue weighted by molar-refractivity contribution is -0.122. The Balaban J connectivity index is 2.04. The summed E-state index contributed by atoms with van der Waals surface area (Å²) in [5, 5.41) is 2.85. The van der Waals surface area contributed by atoms with Crippen molar-refractivity contribution in [3.8, 4) is 0 Å². The molecule has 0 aromatic carbocycles. The second kappa shape index (κ2) is 2.81. The third-order valence-electron chi connectivity index (χ3n) is 2.38. The Bertz CT molecular complexity index is 169. The van der Waals surface area contributed by atoms with Gasteiger partial charge in [-0.25, -0.2) is 0 Å². The van der Waals surface area contributed by atoms with E-state index in [1.54, 1.807) is 0 Å². The van der Waals surface area contributed by atoms with E-state index in [1.807, 2.05) is 0 Å². The average Bonchev–Trinajstić information content (AvgIpc) is 2.12. The zero-order valence-corrected chi connectivity index (χ0v) is 6.51. The van der Waals surface area contributed by atoms with E-state index < -0.39 is 0 Å². The summed E-state index contributed by atoms with van der Waals surface area (Å²) < 4.78 is 5.63. The average molecular weight is 155 g/mol. The molecule has 0 saturated carbocycles. The molecule has 0 aromatic heterocycles. The van der Waals surface area contributed by atoms with Crippen LogP contribution in [-0.2, 0) is 9.53 Å². The molecule has 0 spiro atoms. The molecule has 11 heavy (non-hydrogen) atoms. The first-order valence-corrected chi connectivity index (χ1v) is 4.27. The normalized spacial score (nSPS) is 37.6. The van der Waals surface area contributed by atoms with Crippen LogP contribution in [-0.4, -0.2) is 24.7 Å². The first-order chi connectivity index (χ1) is 5.34. The van der Waals surface area contributed by atoms with E-state index in [4.69, 9.17) is 4.74 Å². The number of hydrogen-bond donors (Lipinski definition) is 1. The summed E-state index contributed by atoms with van der Waals surface area (Å²) in [5.41, 5.74) is 0. The molecule has 2 atom stereocenters. The zero-order valence-electron chi connectivity index (χ0n) is 6.51. The fraction of sp³-hybridized carbons (Fsp3) is 0.875. The van der Waals surface area contributed by atoms with Gasteiger partial charge in [0, 0.05) is 6.54 Å². The number of carbonyl (C=O) groups is 1. The maximum absolute atomic E-state index is 11.0. The molecule has 2 fully saturated rings. The summed E-state index contributed by atoms with van der Waals surface area (Å²) >= 11 is 0. The highest BCUT2D eigenvalue weighted by atomic mass is 16.5. The molecule has 1 N–H and O–H groups in total. The Labute approximate surface area is 66.1 Å². The van der Waals surface area contributed by atoms with E-state index >= 15 is 0 Å². The van der Waals surface area contributed by atoms with Gasteiger partial charge in [-0.2, -0.15) is 0 Å². The Morgan fingerprint density at radius 1 is 1.36 bits per heavy atom. The molecule has 62 valence electrons. The van der Waals surface area contributed by atoms with Crippen LogP contribution in [0.1, 0.15) is 25.7 Å². The predicted molar refractivity (Wildman–Crippen MR) is 40.1 cm³/mol. The lowest BCUT2D eigenvalue weighted by Crippen LogP contribution is -2.30. The van der Waals surface area contributed by atoms with E-state index in [2.05, 4.69) is 5.32 Å². The molecule has 0 aliphatic carbocycles. The number of nitrogens with one attached hydrogen (secondary N) is 1. The number of amides is 1. The van der Waals surface area contributed by atoms with E-state index in [-0.39, 0.29) is 12.0 Å². The summed E-state index contributed by atoms with van der Waals surface area (Å²) in [4.78, 5) is 11.0. The Hall–Kier alpha value is -0.570. The molecule has 2 rings (SSSR count). The van der Waals surface area contributed by atoms with Gasteiger partial charge in [0.2, 0.25) is 5.91 Å². The van der Waals surface area contributed by atoms with E-state index in [0.29, 0.717) is 12.5 Å². The first-order valence-electron chi connectivity index (χ1n) is 4.27. The number of ether oxygens (including phenoxy) is 1. The Morgan fingerprint density at radius 3 is 3.09 bits per heavy atom. The van der Waals surface area contributed by atoms with Crippen LogP contribution in [0.5, 0.6) is 0 Å². The standard InChI is InChI=1S/C8H13NO2/c10-8-4-6-2-1-3-7(11-6)5-9-8/h6-7H,1-5H2,(H,9,10). The van der Waals surface area contributed by atoms with E-state index in [9.17, 15) is 4.79 Å². The summed E-state index contributed by atoms with van der Waals surface area (Å²) in [6.45, 7) is 0.718. The van der Waals surface area contributed by atoms with Crippen molar-refractivity contribution in [2.75, 3.05) is 6.54 Å². The number of rotatable bonds is 0. The van der Waals surface area contributed by atoms with Gasteiger partial charge in [-0.05, 0) is 19.3 Å². The fourth-order valence-corrected chi connectivity index (χ4v) is 1.79. The minimum absolute atomic E-state index is 0.152. The van der Waals surface area contributed by atoms with Crippen LogP contribution in [0.15, 0.2) is 0 Å². The van der Waals surface area contributed by atoms with Crippen LogP contribution in [0, 0.1) is 0 Å². The highest BCUT2D eigenvalue weighted by molar-refractivity contribution is 5.76. The molecule has 2 aliphatic heterocycles. The molecule has 2 bridgehead atoms. The molecule has 2 aliphatic rings. The van der Waals surface area contributed by atoms with Crippen LogP contribution in [0.4, 0.5) is 0 Å². The quantitative estimate of drug-likeness (QED) is 0.551. The second-order valence-electron chi connectivity index (χ2n) is 3.32. The van der Waals surface area contributed by atoms with Crippen molar-refractivity contribution in [3.05, 3.63) is 0 Å². The maximum Gasteiger partial charge on any atom is 0.222 e. The molecule has 2 unspecified atom stereocenters. The van der Waals surface area contributed by atoms with Crippen molar-refractivity contribution >= 4 is 5.91 Å². The fourth-order valence-electron chi connectivity index (χ4n) is 1.79. The highest BCUT2D eigenvalue weighted by Crippen LogP contribution is 2.22. The van der Waals surface area contributed by atoms with Crippen LogP contribution in [0.25, 0.3) is 0 Å². The van der Waals surface area contributed by atoms with Gasteiger partial charge < -0.3 is 10.1 Å². The summed E-state index contributed by atoms with van der Waals surface area (Å²) in [7, 11) is 0. The second-order valence-corrected chi connectivity index (χ2v) is 3.32. The Kier molecular flexibility index (Phi) is 1.82. The lowest BCUT2D eigenvalue weighted by atomic mass is 10.0. The number of hydrogen-bond acceptors (Lipinski definition) is 2. The van der Waals surface area contributed by atoms with Crippen molar-refractivity contribution < 1.29 is 9.53 Å². The van der Waals surface area contributed by atoms with Crippen LogP contribution in [0.3, 0.4) is 0 Å². The minimum atomic E-state index is 0.152. The number of carbonyl (C=O) groups excluding carboxylic acids is 1. The lowest BCUT2D eigenvalue weighted by Gasteiger charge is -2.25. The van der Waals surface area contributed by atoms with Crippen LogP contribution in [0.2, 0.25) is 0 Å². The van der Waals surface area contributed by atoms with E-state index in [0.717, 1.165) is 19.4 Å². The van der Waals surface area contributed by atoms with Gasteiger partial charge >= 0.3 is 0 Å². The van der Waals surface area contributed by atoms with Gasteiger partial charge in [0.25, 0.3) is 0 Å². The SMILES string of the molecule is O=C1CC2CCCC(CN1)O2. The topological polar surface area (TPSA) is 38.3 Å². The van der Waals surface area contributed by atoms with Crippen molar-refractivity contribution in [2.24, 2.45) is 0 Å². The van der Waals surface area contributed by atoms with Gasteiger partial charge in [-0.1, -0.05) is 0 Å². The molecule has 1 amide bonds. The predicted octanol–water partition coefficient (Wildman–Crippen LogP) is 0.444. The summed E-state index contributed by atoms with van der Waals surface area (Å²) in [6, 6.07) is 0. The molecule has 0 radical (unpaired) electrons. The molecular formula is C8H13NO2. The molecule has 3 heteroatoms. The number of fused-ring (bicyclic) bond motifs is 2. The third-order valence-corrected chi connectivity index (χ3v) is 2.38. The zero-order chi connectivity index (χ0) is 7.68. The molecule has 2 heterocycles. The van der Waals surface area contributed by atoms with Gasteiger partial charge in [-0.15, -0.1) is 0 Å². The highest BCUT2D eigenvalue weighted by Gasteiger charge is 2.27.